The standard InChI is InChI=1S/C27H42N2O5/c1-26(2,3)29-24(32)19-21(28-23(31)18-17-20-13-9-7-10-14-20)22(30)15-11-8-12-16-25(33)34-27(4,5)6/h7,9-10,13-14,21H,8,11-12,15-19H2,1-6H3,(H,28,31)(H,29,32)/t21-/m0/s1. The number of benzene rings is 1. The molecule has 7 nitrogen and oxygen atoms in total. The molecule has 190 valence electrons. The molecule has 0 aliphatic rings. The molecule has 0 unspecified atom stereocenters. The summed E-state index contributed by atoms with van der Waals surface area (Å²) in [7, 11) is 0. The maximum absolute atomic E-state index is 12.9. The molecule has 0 saturated carbocycles. The summed E-state index contributed by atoms with van der Waals surface area (Å²) in [6.45, 7) is 11.1. The maximum Gasteiger partial charge on any atom is 0.306 e. The predicted molar refractivity (Wildman–Crippen MR) is 133 cm³/mol. The SMILES string of the molecule is CC(C)(C)NC(=O)C[C@H](NC(=O)CCc1ccccc1)C(=O)CCCCCC(=O)OC(C)(C)C. The molecule has 2 N–H and O–H groups in total. The lowest BCUT2D eigenvalue weighted by atomic mass is 10.0. The molecule has 34 heavy (non-hydrogen) atoms. The van der Waals surface area contributed by atoms with Crippen LogP contribution in [0.5, 0.6) is 0 Å². The minimum absolute atomic E-state index is 0.0922. The van der Waals surface area contributed by atoms with Crippen LogP contribution in [0.4, 0.5) is 0 Å². The molecule has 1 rings (SSSR count). The van der Waals surface area contributed by atoms with E-state index in [1.54, 1.807) is 0 Å². The highest BCUT2D eigenvalue weighted by Crippen LogP contribution is 2.13. The smallest absolute Gasteiger partial charge is 0.306 e. The number of hydrogen-bond acceptors (Lipinski definition) is 5. The molecule has 0 heterocycles. The van der Waals surface area contributed by atoms with E-state index in [2.05, 4.69) is 10.6 Å². The average molecular weight is 475 g/mol. The number of carbonyl (C=O) groups excluding carboxylic acids is 4. The minimum Gasteiger partial charge on any atom is -0.460 e. The van der Waals surface area contributed by atoms with E-state index in [1.807, 2.05) is 71.9 Å². The van der Waals surface area contributed by atoms with Gasteiger partial charge in [0.15, 0.2) is 5.78 Å². The van der Waals surface area contributed by atoms with Gasteiger partial charge in [0.05, 0.1) is 12.5 Å². The quantitative estimate of drug-likeness (QED) is 0.328. The van der Waals surface area contributed by atoms with Crippen LogP contribution in [0.2, 0.25) is 0 Å². The first-order valence-electron chi connectivity index (χ1n) is 12.1. The van der Waals surface area contributed by atoms with Gasteiger partial charge in [-0.1, -0.05) is 36.8 Å². The molecule has 0 aliphatic carbocycles. The van der Waals surface area contributed by atoms with Crippen molar-refractivity contribution >= 4 is 23.6 Å². The number of esters is 1. The molecule has 0 saturated heterocycles. The van der Waals surface area contributed by atoms with Gasteiger partial charge in [0.25, 0.3) is 0 Å². The summed E-state index contributed by atoms with van der Waals surface area (Å²) in [5, 5.41) is 5.61. The molecule has 2 amide bonds. The molecule has 0 spiro atoms. The second kappa shape index (κ2) is 13.9. The van der Waals surface area contributed by atoms with Crippen LogP contribution in [0.3, 0.4) is 0 Å². The number of rotatable bonds is 13. The highest BCUT2D eigenvalue weighted by Gasteiger charge is 2.25. The van der Waals surface area contributed by atoms with Crippen LogP contribution in [0.1, 0.15) is 92.1 Å². The van der Waals surface area contributed by atoms with Crippen molar-refractivity contribution in [1.29, 1.82) is 0 Å². The molecule has 0 bridgehead atoms. The first kappa shape index (κ1) is 29.3. The zero-order valence-corrected chi connectivity index (χ0v) is 21.7. The Balaban J connectivity index is 2.57. The van der Waals surface area contributed by atoms with E-state index in [0.29, 0.717) is 32.1 Å². The normalized spacial score (nSPS) is 12.5. The largest absolute Gasteiger partial charge is 0.460 e. The highest BCUT2D eigenvalue weighted by molar-refractivity contribution is 5.93. The van der Waals surface area contributed by atoms with Crippen molar-refractivity contribution in [2.24, 2.45) is 0 Å². The lowest BCUT2D eigenvalue weighted by Crippen LogP contribution is -2.47. The van der Waals surface area contributed by atoms with Crippen LogP contribution in [0.15, 0.2) is 30.3 Å². The first-order valence-corrected chi connectivity index (χ1v) is 12.1. The summed E-state index contributed by atoms with van der Waals surface area (Å²) in [6.07, 6.45) is 3.15. The Labute approximate surface area is 204 Å². The number of unbranched alkanes of at least 4 members (excludes halogenated alkanes) is 2. The molecule has 1 aromatic carbocycles. The summed E-state index contributed by atoms with van der Waals surface area (Å²) in [5.41, 5.74) is 0.104. The summed E-state index contributed by atoms with van der Waals surface area (Å²) >= 11 is 0. The molecule has 0 fully saturated rings. The van der Waals surface area contributed by atoms with E-state index in [-0.39, 0.29) is 42.8 Å². The lowest BCUT2D eigenvalue weighted by Gasteiger charge is -2.23. The Kier molecular flexibility index (Phi) is 12.0. The van der Waals surface area contributed by atoms with Crippen molar-refractivity contribution in [2.75, 3.05) is 0 Å². The fourth-order valence-electron chi connectivity index (χ4n) is 3.38. The van der Waals surface area contributed by atoms with Crippen LogP contribution in [0.25, 0.3) is 0 Å². The Morgan fingerprint density at radius 3 is 2.03 bits per heavy atom. The maximum atomic E-state index is 12.9. The minimum atomic E-state index is -0.864. The third-order valence-corrected chi connectivity index (χ3v) is 4.84. The van der Waals surface area contributed by atoms with E-state index in [1.165, 1.54) is 0 Å². The van der Waals surface area contributed by atoms with Crippen LogP contribution in [-0.2, 0) is 30.3 Å². The second-order valence-corrected chi connectivity index (χ2v) is 10.7. The van der Waals surface area contributed by atoms with Crippen molar-refractivity contribution in [3.63, 3.8) is 0 Å². The monoisotopic (exact) mass is 474 g/mol. The van der Waals surface area contributed by atoms with Gasteiger partial charge in [0.1, 0.15) is 5.60 Å². The Hall–Kier alpha value is -2.70. The van der Waals surface area contributed by atoms with Crippen molar-refractivity contribution in [3.8, 4) is 0 Å². The average Bonchev–Trinajstić information content (AvgIpc) is 2.69. The van der Waals surface area contributed by atoms with Crippen molar-refractivity contribution < 1.29 is 23.9 Å². The molecule has 0 radical (unpaired) electrons. The number of Topliss-reactive ketones (excluding diaryl/α,β-unsaturated/α-hetero) is 1. The number of ether oxygens (including phenoxy) is 1. The summed E-state index contributed by atoms with van der Waals surface area (Å²) in [5.74, 6) is -0.953. The van der Waals surface area contributed by atoms with Gasteiger partial charge < -0.3 is 15.4 Å². The Bertz CT molecular complexity index is 807. The number of nitrogens with one attached hydrogen (secondary N) is 2. The van der Waals surface area contributed by atoms with Gasteiger partial charge >= 0.3 is 5.97 Å². The third-order valence-electron chi connectivity index (χ3n) is 4.84. The summed E-state index contributed by atoms with van der Waals surface area (Å²) in [4.78, 5) is 49.6. The van der Waals surface area contributed by atoms with Crippen molar-refractivity contribution in [1.82, 2.24) is 10.6 Å². The van der Waals surface area contributed by atoms with E-state index < -0.39 is 17.2 Å². The van der Waals surface area contributed by atoms with Gasteiger partial charge in [0, 0.05) is 24.8 Å². The number of ketones is 1. The van der Waals surface area contributed by atoms with Gasteiger partial charge in [-0.15, -0.1) is 0 Å². The lowest BCUT2D eigenvalue weighted by molar-refractivity contribution is -0.155. The Morgan fingerprint density at radius 1 is 0.824 bits per heavy atom. The Morgan fingerprint density at radius 2 is 1.44 bits per heavy atom. The molecule has 7 heteroatoms. The van der Waals surface area contributed by atoms with Crippen molar-refractivity contribution in [3.05, 3.63) is 35.9 Å². The number of hydrogen-bond donors (Lipinski definition) is 2. The first-order chi connectivity index (χ1) is 15.7. The van der Waals surface area contributed by atoms with Crippen LogP contribution >= 0.6 is 0 Å². The number of aryl methyl sites for hydroxylation is 1. The fourth-order valence-corrected chi connectivity index (χ4v) is 3.38. The van der Waals surface area contributed by atoms with Crippen molar-refractivity contribution in [2.45, 2.75) is 110 Å². The van der Waals surface area contributed by atoms with Crippen LogP contribution in [-0.4, -0.2) is 40.7 Å². The molecule has 1 aromatic rings. The predicted octanol–water partition coefficient (Wildman–Crippen LogP) is 4.27. The highest BCUT2D eigenvalue weighted by atomic mass is 16.6. The second-order valence-electron chi connectivity index (χ2n) is 10.7. The van der Waals surface area contributed by atoms with E-state index in [0.717, 1.165) is 5.56 Å². The number of amides is 2. The van der Waals surface area contributed by atoms with Gasteiger partial charge in [-0.2, -0.15) is 0 Å². The van der Waals surface area contributed by atoms with Crippen LogP contribution < -0.4 is 10.6 Å². The van der Waals surface area contributed by atoms with Gasteiger partial charge in [-0.05, 0) is 66.4 Å². The molecule has 0 aliphatic heterocycles. The van der Waals surface area contributed by atoms with E-state index in [4.69, 9.17) is 4.74 Å². The fraction of sp³-hybridized carbons (Fsp3) is 0.630. The van der Waals surface area contributed by atoms with E-state index in [9.17, 15) is 19.2 Å². The topological polar surface area (TPSA) is 102 Å². The zero-order chi connectivity index (χ0) is 25.8. The molecule has 0 aromatic heterocycles. The zero-order valence-electron chi connectivity index (χ0n) is 21.7. The summed E-state index contributed by atoms with van der Waals surface area (Å²) < 4.78 is 5.29. The van der Waals surface area contributed by atoms with Gasteiger partial charge in [0.2, 0.25) is 11.8 Å². The van der Waals surface area contributed by atoms with Gasteiger partial charge in [-0.25, -0.2) is 0 Å². The van der Waals surface area contributed by atoms with Gasteiger partial charge in [-0.3, -0.25) is 19.2 Å². The summed E-state index contributed by atoms with van der Waals surface area (Å²) in [6, 6.07) is 8.78. The molecular formula is C27H42N2O5. The third kappa shape index (κ3) is 14.4. The molecule has 1 atom stereocenters. The number of carbonyl (C=O) groups is 4. The molecular weight excluding hydrogens is 432 g/mol. The van der Waals surface area contributed by atoms with E-state index >= 15 is 0 Å². The van der Waals surface area contributed by atoms with Crippen LogP contribution in [0, 0.1) is 0 Å².